The summed E-state index contributed by atoms with van der Waals surface area (Å²) in [4.78, 5) is 49.1. The molecule has 0 aliphatic carbocycles. The lowest BCUT2D eigenvalue weighted by atomic mass is 9.66. The van der Waals surface area contributed by atoms with Crippen LogP contribution in [0.4, 0.5) is 5.69 Å². The number of rotatable bonds is 13. The van der Waals surface area contributed by atoms with E-state index in [2.05, 4.69) is 13.2 Å². The van der Waals surface area contributed by atoms with Crippen LogP contribution in [0.5, 0.6) is 5.75 Å². The SMILES string of the molecule is C=CCN(C(=O)[C@@H]1[C@H]2C(=O)N([C@@H](CO)[C@@H](C)CC)C(C(=O)N(CC=C)C(C)(C)C)C23CC[C@@]1(C)O3)c1ccc(OCC)cc1. The van der Waals surface area contributed by atoms with Crippen molar-refractivity contribution in [1.29, 1.82) is 0 Å². The zero-order valence-corrected chi connectivity index (χ0v) is 27.5. The molecule has 2 bridgehead atoms. The van der Waals surface area contributed by atoms with Crippen molar-refractivity contribution in [3.8, 4) is 5.75 Å². The maximum atomic E-state index is 14.8. The summed E-state index contributed by atoms with van der Waals surface area (Å²) in [6.45, 7) is 22.2. The Labute approximate surface area is 262 Å². The maximum absolute atomic E-state index is 14.8. The number of hydrogen-bond donors (Lipinski definition) is 1. The molecule has 0 aromatic heterocycles. The fourth-order valence-corrected chi connectivity index (χ4v) is 7.67. The molecule has 3 fully saturated rings. The molecule has 44 heavy (non-hydrogen) atoms. The molecular weight excluding hydrogens is 558 g/mol. The van der Waals surface area contributed by atoms with Gasteiger partial charge in [0.05, 0.1) is 36.7 Å². The zero-order valence-electron chi connectivity index (χ0n) is 27.5. The summed E-state index contributed by atoms with van der Waals surface area (Å²) in [7, 11) is 0. The number of carbonyl (C=O) groups excluding carboxylic acids is 3. The van der Waals surface area contributed by atoms with Crippen molar-refractivity contribution in [1.82, 2.24) is 9.80 Å². The van der Waals surface area contributed by atoms with Gasteiger partial charge in [0.15, 0.2) is 0 Å². The van der Waals surface area contributed by atoms with Crippen LogP contribution in [-0.2, 0) is 19.1 Å². The number of fused-ring (bicyclic) bond motifs is 1. The van der Waals surface area contributed by atoms with Crippen LogP contribution in [0.25, 0.3) is 0 Å². The van der Waals surface area contributed by atoms with E-state index in [0.717, 1.165) is 0 Å². The van der Waals surface area contributed by atoms with Crippen LogP contribution in [0.2, 0.25) is 0 Å². The molecule has 2 unspecified atom stereocenters. The standard InChI is InChI=1S/C35H51N3O6/c1-10-20-36(24-14-16-25(17-15-24)43-13-4)30(40)27-28-31(41)38(26(22-39)23(5)12-3)29(35(28)19-18-34(27,9)44-35)32(42)37(21-11-2)33(6,7)8/h10-11,14-17,23,26-29,39H,1-2,12-13,18-22H2,3-9H3/t23-,26-,27-,28-,29?,34+,35?/m0/s1. The highest BCUT2D eigenvalue weighted by Gasteiger charge is 2.79. The predicted molar refractivity (Wildman–Crippen MR) is 171 cm³/mol. The summed E-state index contributed by atoms with van der Waals surface area (Å²) in [5.41, 5.74) is -2.05. The topological polar surface area (TPSA) is 99.6 Å². The third kappa shape index (κ3) is 5.47. The molecule has 3 amide bonds. The van der Waals surface area contributed by atoms with Crippen LogP contribution < -0.4 is 9.64 Å². The van der Waals surface area contributed by atoms with E-state index in [1.165, 1.54) is 0 Å². The molecule has 3 saturated heterocycles. The van der Waals surface area contributed by atoms with E-state index in [0.29, 0.717) is 43.9 Å². The maximum Gasteiger partial charge on any atom is 0.249 e. The van der Waals surface area contributed by atoms with Gasteiger partial charge in [-0.25, -0.2) is 0 Å². The minimum Gasteiger partial charge on any atom is -0.494 e. The number of ether oxygens (including phenoxy) is 2. The highest BCUT2D eigenvalue weighted by molar-refractivity contribution is 6.03. The highest BCUT2D eigenvalue weighted by atomic mass is 16.5. The highest BCUT2D eigenvalue weighted by Crippen LogP contribution is 2.64. The Morgan fingerprint density at radius 2 is 1.77 bits per heavy atom. The van der Waals surface area contributed by atoms with Gasteiger partial charge in [-0.15, -0.1) is 13.2 Å². The second-order valence-electron chi connectivity index (χ2n) is 13.7. The van der Waals surface area contributed by atoms with Crippen LogP contribution in [0.15, 0.2) is 49.6 Å². The van der Waals surface area contributed by atoms with Gasteiger partial charge in [-0.3, -0.25) is 14.4 Å². The first-order valence-corrected chi connectivity index (χ1v) is 16.0. The van der Waals surface area contributed by atoms with Gasteiger partial charge >= 0.3 is 0 Å². The minimum atomic E-state index is -1.20. The number of carbonyl (C=O) groups is 3. The molecule has 0 radical (unpaired) electrons. The second kappa shape index (κ2) is 12.7. The number of benzene rings is 1. The first-order valence-electron chi connectivity index (χ1n) is 16.0. The number of hydrogen-bond acceptors (Lipinski definition) is 6. The van der Waals surface area contributed by atoms with Crippen molar-refractivity contribution >= 4 is 23.4 Å². The molecule has 4 rings (SSSR count). The van der Waals surface area contributed by atoms with Gasteiger partial charge in [-0.2, -0.15) is 0 Å². The Balaban J connectivity index is 1.85. The van der Waals surface area contributed by atoms with Crippen molar-refractivity contribution in [2.24, 2.45) is 17.8 Å². The van der Waals surface area contributed by atoms with Crippen molar-refractivity contribution in [3.05, 3.63) is 49.6 Å². The first kappa shape index (κ1) is 33.7. The second-order valence-corrected chi connectivity index (χ2v) is 13.7. The number of likely N-dealkylation sites (tertiary alicyclic amines) is 1. The Bertz CT molecular complexity index is 1260. The summed E-state index contributed by atoms with van der Waals surface area (Å²) >= 11 is 0. The number of amides is 3. The van der Waals surface area contributed by atoms with Gasteiger partial charge in [0, 0.05) is 24.3 Å². The van der Waals surface area contributed by atoms with E-state index in [1.54, 1.807) is 26.9 Å². The van der Waals surface area contributed by atoms with Gasteiger partial charge in [0.1, 0.15) is 17.4 Å². The molecule has 9 heteroatoms. The first-order chi connectivity index (χ1) is 20.8. The number of aliphatic hydroxyl groups is 1. The summed E-state index contributed by atoms with van der Waals surface area (Å²) in [6, 6.07) is 5.71. The Hall–Kier alpha value is -3.17. The average molecular weight is 610 g/mol. The van der Waals surface area contributed by atoms with Gasteiger partial charge in [-0.05, 0) is 77.6 Å². The molecule has 3 aliphatic rings. The van der Waals surface area contributed by atoms with Crippen LogP contribution in [0, 0.1) is 17.8 Å². The third-order valence-corrected chi connectivity index (χ3v) is 9.98. The average Bonchev–Trinajstić information content (AvgIpc) is 3.55. The molecule has 7 atom stereocenters. The molecule has 3 aliphatic heterocycles. The summed E-state index contributed by atoms with van der Waals surface area (Å²) in [5, 5.41) is 10.7. The quantitative estimate of drug-likeness (QED) is 0.329. The van der Waals surface area contributed by atoms with Crippen LogP contribution >= 0.6 is 0 Å². The normalized spacial score (nSPS) is 28.8. The van der Waals surface area contributed by atoms with E-state index in [-0.39, 0.29) is 36.8 Å². The molecule has 1 spiro atoms. The smallest absolute Gasteiger partial charge is 0.249 e. The number of aliphatic hydroxyl groups excluding tert-OH is 1. The van der Waals surface area contributed by atoms with E-state index >= 15 is 0 Å². The van der Waals surface area contributed by atoms with E-state index < -0.39 is 40.7 Å². The molecule has 1 aromatic rings. The van der Waals surface area contributed by atoms with Crippen molar-refractivity contribution in [2.45, 2.75) is 96.6 Å². The van der Waals surface area contributed by atoms with Crippen LogP contribution in [0.1, 0.15) is 67.7 Å². The van der Waals surface area contributed by atoms with E-state index in [4.69, 9.17) is 9.47 Å². The molecular formula is C35H51N3O6. The molecule has 0 saturated carbocycles. The van der Waals surface area contributed by atoms with Crippen LogP contribution in [-0.4, -0.2) is 87.8 Å². The minimum absolute atomic E-state index is 0.0833. The lowest BCUT2D eigenvalue weighted by molar-refractivity contribution is -0.159. The van der Waals surface area contributed by atoms with E-state index in [1.807, 2.05) is 72.7 Å². The molecule has 242 valence electrons. The Morgan fingerprint density at radius 3 is 2.30 bits per heavy atom. The number of nitrogens with zero attached hydrogens (tertiary/aromatic N) is 3. The largest absolute Gasteiger partial charge is 0.494 e. The van der Waals surface area contributed by atoms with Gasteiger partial charge in [0.2, 0.25) is 17.7 Å². The fraction of sp³-hybridized carbons (Fsp3) is 0.629. The fourth-order valence-electron chi connectivity index (χ4n) is 7.67. The van der Waals surface area contributed by atoms with Gasteiger partial charge < -0.3 is 29.3 Å². The molecule has 1 N–H and O–H groups in total. The number of anilines is 1. The Kier molecular flexibility index (Phi) is 9.71. The monoisotopic (exact) mass is 609 g/mol. The van der Waals surface area contributed by atoms with Crippen LogP contribution in [0.3, 0.4) is 0 Å². The van der Waals surface area contributed by atoms with E-state index in [9.17, 15) is 19.5 Å². The lowest BCUT2D eigenvalue weighted by Gasteiger charge is -2.44. The zero-order chi connectivity index (χ0) is 32.6. The summed E-state index contributed by atoms with van der Waals surface area (Å²) in [5.74, 6) is -1.88. The van der Waals surface area contributed by atoms with Crippen molar-refractivity contribution < 1.29 is 29.0 Å². The molecule has 3 heterocycles. The summed E-state index contributed by atoms with van der Waals surface area (Å²) < 4.78 is 12.5. The molecule has 1 aromatic carbocycles. The third-order valence-electron chi connectivity index (χ3n) is 9.98. The predicted octanol–water partition coefficient (Wildman–Crippen LogP) is 4.59. The van der Waals surface area contributed by atoms with Gasteiger partial charge in [-0.1, -0.05) is 32.4 Å². The Morgan fingerprint density at radius 1 is 1.14 bits per heavy atom. The lowest BCUT2D eigenvalue weighted by Crippen LogP contribution is -2.62. The van der Waals surface area contributed by atoms with Crippen molar-refractivity contribution in [3.63, 3.8) is 0 Å². The van der Waals surface area contributed by atoms with Crippen molar-refractivity contribution in [2.75, 3.05) is 31.2 Å². The van der Waals surface area contributed by atoms with Gasteiger partial charge in [0.25, 0.3) is 0 Å². The molecule has 9 nitrogen and oxygen atoms in total. The summed E-state index contributed by atoms with van der Waals surface area (Å²) in [6.07, 6.45) is 5.04.